The Morgan fingerprint density at radius 2 is 2.04 bits per heavy atom. The zero-order valence-corrected chi connectivity index (χ0v) is 14.6. The Morgan fingerprint density at radius 1 is 1.22 bits per heavy atom. The van der Waals surface area contributed by atoms with E-state index in [1.54, 1.807) is 11.3 Å². The summed E-state index contributed by atoms with van der Waals surface area (Å²) in [6, 6.07) is 7.84. The highest BCUT2D eigenvalue weighted by Gasteiger charge is 2.14. The number of aryl methyl sites for hydroxylation is 2. The molecule has 0 aliphatic rings. The van der Waals surface area contributed by atoms with Crippen molar-refractivity contribution in [3.8, 4) is 11.4 Å². The van der Waals surface area contributed by atoms with Crippen molar-refractivity contribution < 1.29 is 8.73 Å². The summed E-state index contributed by atoms with van der Waals surface area (Å²) in [5.74, 6) is 1.60. The normalized spacial score (nSPS) is 12.4. The standard InChI is InChI=1S/C16H17N3O2S2/c1-3-15-17-12(8-22-15)9-23(20)10-14-18-16(19-21-14)13-7-5-4-6-11(13)2/h4-8H,3,9-10H2,1-2H3/t23-/m1/s1. The van der Waals surface area contributed by atoms with Crippen LogP contribution in [0.25, 0.3) is 11.4 Å². The van der Waals surface area contributed by atoms with Gasteiger partial charge in [-0.25, -0.2) is 4.98 Å². The molecule has 0 unspecified atom stereocenters. The van der Waals surface area contributed by atoms with Gasteiger partial charge in [0.05, 0.1) is 16.5 Å². The highest BCUT2D eigenvalue weighted by molar-refractivity contribution is 7.83. The fourth-order valence-electron chi connectivity index (χ4n) is 2.18. The number of rotatable bonds is 6. The number of hydrogen-bond acceptors (Lipinski definition) is 6. The van der Waals surface area contributed by atoms with Gasteiger partial charge in [-0.15, -0.1) is 11.3 Å². The Bertz CT molecular complexity index is 826. The molecule has 23 heavy (non-hydrogen) atoms. The number of aromatic nitrogens is 3. The van der Waals surface area contributed by atoms with Crippen molar-refractivity contribution in [2.24, 2.45) is 0 Å². The highest BCUT2D eigenvalue weighted by Crippen LogP contribution is 2.20. The number of thiazole rings is 1. The Hall–Kier alpha value is -1.86. The SMILES string of the molecule is CCc1nc(C[S@@](=O)Cc2nc(-c3ccccc3C)no2)cs1. The summed E-state index contributed by atoms with van der Waals surface area (Å²) < 4.78 is 17.5. The van der Waals surface area contributed by atoms with E-state index in [-0.39, 0.29) is 5.75 Å². The summed E-state index contributed by atoms with van der Waals surface area (Å²) >= 11 is 1.60. The summed E-state index contributed by atoms with van der Waals surface area (Å²) in [5, 5.41) is 7.02. The number of hydrogen-bond donors (Lipinski definition) is 0. The van der Waals surface area contributed by atoms with E-state index in [0.717, 1.165) is 28.2 Å². The van der Waals surface area contributed by atoms with Crippen molar-refractivity contribution in [3.05, 3.63) is 51.8 Å². The van der Waals surface area contributed by atoms with Crippen molar-refractivity contribution in [2.45, 2.75) is 31.8 Å². The van der Waals surface area contributed by atoms with E-state index in [1.807, 2.05) is 36.6 Å². The Kier molecular flexibility index (Phi) is 4.97. The molecule has 1 aromatic carbocycles. The predicted molar refractivity (Wildman–Crippen MR) is 91.5 cm³/mol. The van der Waals surface area contributed by atoms with Gasteiger partial charge in [-0.05, 0) is 18.9 Å². The smallest absolute Gasteiger partial charge is 0.239 e. The molecule has 0 saturated heterocycles. The van der Waals surface area contributed by atoms with E-state index >= 15 is 0 Å². The van der Waals surface area contributed by atoms with Gasteiger partial charge < -0.3 is 4.52 Å². The Morgan fingerprint density at radius 3 is 2.78 bits per heavy atom. The predicted octanol–water partition coefficient (Wildman–Crippen LogP) is 3.51. The van der Waals surface area contributed by atoms with Crippen molar-refractivity contribution in [1.29, 1.82) is 0 Å². The molecular weight excluding hydrogens is 330 g/mol. The molecule has 1 atom stereocenters. The topological polar surface area (TPSA) is 68.9 Å². The molecule has 0 N–H and O–H groups in total. The minimum Gasteiger partial charge on any atom is -0.338 e. The summed E-state index contributed by atoms with van der Waals surface area (Å²) in [6.07, 6.45) is 0.904. The van der Waals surface area contributed by atoms with Crippen LogP contribution in [0.5, 0.6) is 0 Å². The zero-order valence-electron chi connectivity index (χ0n) is 13.0. The van der Waals surface area contributed by atoms with Crippen molar-refractivity contribution in [2.75, 3.05) is 0 Å². The molecule has 0 amide bonds. The molecule has 120 valence electrons. The van der Waals surface area contributed by atoms with Gasteiger partial charge in [0.15, 0.2) is 0 Å². The van der Waals surface area contributed by atoms with Crippen LogP contribution in [0.1, 0.15) is 29.1 Å². The molecular formula is C16H17N3O2S2. The van der Waals surface area contributed by atoms with Crippen LogP contribution >= 0.6 is 11.3 Å². The third-order valence-corrected chi connectivity index (χ3v) is 5.58. The number of benzene rings is 1. The van der Waals surface area contributed by atoms with Gasteiger partial charge in [-0.3, -0.25) is 4.21 Å². The lowest BCUT2D eigenvalue weighted by molar-refractivity contribution is 0.390. The van der Waals surface area contributed by atoms with Crippen molar-refractivity contribution >= 4 is 22.1 Å². The van der Waals surface area contributed by atoms with Crippen LogP contribution in [0.3, 0.4) is 0 Å². The molecule has 0 bridgehead atoms. The third kappa shape index (κ3) is 3.92. The highest BCUT2D eigenvalue weighted by atomic mass is 32.2. The Balaban J connectivity index is 1.67. The average Bonchev–Trinajstić information content (AvgIpc) is 3.17. The van der Waals surface area contributed by atoms with E-state index in [9.17, 15) is 4.21 Å². The lowest BCUT2D eigenvalue weighted by atomic mass is 10.1. The zero-order chi connectivity index (χ0) is 16.2. The fraction of sp³-hybridized carbons (Fsp3) is 0.312. The van der Waals surface area contributed by atoms with Crippen molar-refractivity contribution in [3.63, 3.8) is 0 Å². The lowest BCUT2D eigenvalue weighted by Crippen LogP contribution is -2.00. The quantitative estimate of drug-likeness (QED) is 0.682. The van der Waals surface area contributed by atoms with Gasteiger partial charge in [-0.1, -0.05) is 36.3 Å². The largest absolute Gasteiger partial charge is 0.338 e. The summed E-state index contributed by atoms with van der Waals surface area (Å²) in [6.45, 7) is 4.06. The molecule has 7 heteroatoms. The van der Waals surface area contributed by atoms with Crippen LogP contribution in [0.4, 0.5) is 0 Å². The summed E-state index contributed by atoms with van der Waals surface area (Å²) in [7, 11) is -1.11. The first-order valence-corrected chi connectivity index (χ1v) is 9.69. The summed E-state index contributed by atoms with van der Waals surface area (Å²) in [5.41, 5.74) is 2.87. The van der Waals surface area contributed by atoms with Crippen LogP contribution < -0.4 is 0 Å². The second-order valence-corrected chi connectivity index (χ2v) is 7.54. The molecule has 3 aromatic rings. The molecule has 3 rings (SSSR count). The molecule has 0 aliphatic heterocycles. The van der Waals surface area contributed by atoms with E-state index in [1.165, 1.54) is 0 Å². The van der Waals surface area contributed by atoms with E-state index < -0.39 is 10.8 Å². The van der Waals surface area contributed by atoms with Crippen molar-refractivity contribution in [1.82, 2.24) is 15.1 Å². The molecule has 0 aliphatic carbocycles. The minimum atomic E-state index is -1.11. The maximum atomic E-state index is 12.2. The minimum absolute atomic E-state index is 0.248. The van der Waals surface area contributed by atoms with Crippen LogP contribution in [-0.2, 0) is 28.7 Å². The van der Waals surface area contributed by atoms with Gasteiger partial charge in [-0.2, -0.15) is 4.98 Å². The average molecular weight is 347 g/mol. The maximum absolute atomic E-state index is 12.2. The molecule has 2 heterocycles. The molecule has 0 fully saturated rings. The maximum Gasteiger partial charge on any atom is 0.239 e. The van der Waals surface area contributed by atoms with Gasteiger partial charge >= 0.3 is 0 Å². The first kappa shape index (κ1) is 16.0. The van der Waals surface area contributed by atoms with Gasteiger partial charge in [0.2, 0.25) is 11.7 Å². The van der Waals surface area contributed by atoms with Gasteiger partial charge in [0.1, 0.15) is 5.75 Å². The lowest BCUT2D eigenvalue weighted by Gasteiger charge is -1.98. The van der Waals surface area contributed by atoms with Crippen LogP contribution in [0, 0.1) is 6.92 Å². The third-order valence-electron chi connectivity index (χ3n) is 3.35. The monoisotopic (exact) mass is 347 g/mol. The second kappa shape index (κ2) is 7.14. The van der Waals surface area contributed by atoms with E-state index in [2.05, 4.69) is 22.0 Å². The first-order chi connectivity index (χ1) is 11.2. The van der Waals surface area contributed by atoms with E-state index in [0.29, 0.717) is 17.5 Å². The Labute approximate surface area is 141 Å². The first-order valence-electron chi connectivity index (χ1n) is 7.32. The summed E-state index contributed by atoms with van der Waals surface area (Å²) in [4.78, 5) is 8.79. The molecule has 2 aromatic heterocycles. The molecule has 5 nitrogen and oxygen atoms in total. The van der Waals surface area contributed by atoms with Crippen LogP contribution in [0.15, 0.2) is 34.2 Å². The fourth-order valence-corrected chi connectivity index (χ4v) is 4.00. The van der Waals surface area contributed by atoms with Gasteiger partial charge in [0, 0.05) is 21.7 Å². The van der Waals surface area contributed by atoms with Crippen LogP contribution in [0.2, 0.25) is 0 Å². The number of nitrogens with zero attached hydrogens (tertiary/aromatic N) is 3. The van der Waals surface area contributed by atoms with Gasteiger partial charge in [0.25, 0.3) is 0 Å². The molecule has 0 radical (unpaired) electrons. The van der Waals surface area contributed by atoms with Crippen LogP contribution in [-0.4, -0.2) is 19.3 Å². The second-order valence-electron chi connectivity index (χ2n) is 5.14. The molecule has 0 saturated carbocycles. The molecule has 0 spiro atoms. The van der Waals surface area contributed by atoms with E-state index in [4.69, 9.17) is 4.52 Å².